The van der Waals surface area contributed by atoms with Gasteiger partial charge in [0.25, 0.3) is 0 Å². The van der Waals surface area contributed by atoms with Crippen molar-refractivity contribution in [3.05, 3.63) is 59.7 Å². The number of carboxylic acids is 1. The van der Waals surface area contributed by atoms with Gasteiger partial charge in [-0.3, -0.25) is 0 Å². The van der Waals surface area contributed by atoms with Gasteiger partial charge in [-0.2, -0.15) is 5.26 Å². The summed E-state index contributed by atoms with van der Waals surface area (Å²) in [5, 5.41) is 18.7. The SMILES string of the molecule is CCC(C(=O)O)N(CCCCc1ccc(N)cc1)c1cccc(C#N)c1. The quantitative estimate of drug-likeness (QED) is 0.529. The number of anilines is 2. The Bertz CT molecular complexity index is 766. The van der Waals surface area contributed by atoms with Crippen LogP contribution in [-0.2, 0) is 11.2 Å². The van der Waals surface area contributed by atoms with Gasteiger partial charge in [-0.05, 0) is 61.6 Å². The highest BCUT2D eigenvalue weighted by Gasteiger charge is 2.24. The van der Waals surface area contributed by atoms with E-state index in [2.05, 4.69) is 6.07 Å². The van der Waals surface area contributed by atoms with E-state index >= 15 is 0 Å². The summed E-state index contributed by atoms with van der Waals surface area (Å²) in [6.45, 7) is 2.50. The van der Waals surface area contributed by atoms with Crippen molar-refractivity contribution in [2.24, 2.45) is 0 Å². The molecular weight excluding hydrogens is 326 g/mol. The molecule has 0 aliphatic rings. The van der Waals surface area contributed by atoms with Crippen molar-refractivity contribution in [3.63, 3.8) is 0 Å². The number of rotatable bonds is 9. The number of aryl methyl sites for hydroxylation is 1. The molecule has 1 atom stereocenters. The predicted octanol–water partition coefficient (Wildman–Crippen LogP) is 3.83. The van der Waals surface area contributed by atoms with Crippen LogP contribution in [0.15, 0.2) is 48.5 Å². The highest BCUT2D eigenvalue weighted by atomic mass is 16.4. The second-order valence-corrected chi connectivity index (χ2v) is 6.32. The molecule has 2 aromatic carbocycles. The smallest absolute Gasteiger partial charge is 0.326 e. The molecule has 0 aromatic heterocycles. The number of nitrogen functional groups attached to an aromatic ring is 1. The summed E-state index contributed by atoms with van der Waals surface area (Å²) in [7, 11) is 0. The monoisotopic (exact) mass is 351 g/mol. The first-order valence-corrected chi connectivity index (χ1v) is 8.89. The van der Waals surface area contributed by atoms with Gasteiger partial charge in [0, 0.05) is 17.9 Å². The maximum Gasteiger partial charge on any atom is 0.326 e. The average Bonchev–Trinajstić information content (AvgIpc) is 2.65. The zero-order chi connectivity index (χ0) is 18.9. The number of nitriles is 1. The normalized spacial score (nSPS) is 11.5. The van der Waals surface area contributed by atoms with E-state index in [-0.39, 0.29) is 0 Å². The van der Waals surface area contributed by atoms with Crippen LogP contribution in [0.25, 0.3) is 0 Å². The number of nitrogens with two attached hydrogens (primary N) is 1. The third kappa shape index (κ3) is 5.25. The molecular formula is C21H25N3O2. The summed E-state index contributed by atoms with van der Waals surface area (Å²) in [5.41, 5.74) is 9.00. The van der Waals surface area contributed by atoms with Crippen LogP contribution < -0.4 is 10.6 Å². The molecule has 2 aromatic rings. The molecule has 2 rings (SSSR count). The lowest BCUT2D eigenvalue weighted by molar-refractivity contribution is -0.138. The zero-order valence-corrected chi connectivity index (χ0v) is 15.1. The van der Waals surface area contributed by atoms with E-state index in [4.69, 9.17) is 11.0 Å². The number of carbonyl (C=O) groups is 1. The summed E-state index contributed by atoms with van der Waals surface area (Å²) in [4.78, 5) is 13.6. The topological polar surface area (TPSA) is 90.3 Å². The van der Waals surface area contributed by atoms with Gasteiger partial charge in [0.15, 0.2) is 0 Å². The largest absolute Gasteiger partial charge is 0.480 e. The van der Waals surface area contributed by atoms with Gasteiger partial charge in [0.1, 0.15) is 6.04 Å². The number of hydrogen-bond donors (Lipinski definition) is 2. The Morgan fingerprint density at radius 1 is 1.23 bits per heavy atom. The van der Waals surface area contributed by atoms with Crippen LogP contribution in [-0.4, -0.2) is 23.7 Å². The van der Waals surface area contributed by atoms with Crippen LogP contribution >= 0.6 is 0 Å². The fourth-order valence-electron chi connectivity index (χ4n) is 3.04. The summed E-state index contributed by atoms with van der Waals surface area (Å²) < 4.78 is 0. The summed E-state index contributed by atoms with van der Waals surface area (Å²) in [5.74, 6) is -0.839. The minimum absolute atomic E-state index is 0.504. The minimum Gasteiger partial charge on any atom is -0.480 e. The summed E-state index contributed by atoms with van der Waals surface area (Å²) >= 11 is 0. The van der Waals surface area contributed by atoms with Crippen LogP contribution in [0.4, 0.5) is 11.4 Å². The molecule has 0 spiro atoms. The number of benzene rings is 2. The first kappa shape index (κ1) is 19.3. The Hall–Kier alpha value is -3.00. The molecule has 0 saturated carbocycles. The fourth-order valence-corrected chi connectivity index (χ4v) is 3.04. The van der Waals surface area contributed by atoms with Crippen molar-refractivity contribution in [1.29, 1.82) is 5.26 Å². The van der Waals surface area contributed by atoms with E-state index in [0.29, 0.717) is 18.5 Å². The van der Waals surface area contributed by atoms with E-state index < -0.39 is 12.0 Å². The molecule has 0 aliphatic heterocycles. The lowest BCUT2D eigenvalue weighted by Gasteiger charge is -2.30. The van der Waals surface area contributed by atoms with E-state index in [9.17, 15) is 9.90 Å². The van der Waals surface area contributed by atoms with Crippen LogP contribution in [0.1, 0.15) is 37.3 Å². The zero-order valence-electron chi connectivity index (χ0n) is 15.1. The molecule has 0 aliphatic carbocycles. The lowest BCUT2D eigenvalue weighted by Crippen LogP contribution is -2.41. The molecule has 0 bridgehead atoms. The molecule has 5 heteroatoms. The number of unbranched alkanes of at least 4 members (excludes halogenated alkanes) is 1. The van der Waals surface area contributed by atoms with Crippen molar-refractivity contribution in [2.75, 3.05) is 17.2 Å². The van der Waals surface area contributed by atoms with Crippen LogP contribution in [0.3, 0.4) is 0 Å². The minimum atomic E-state index is -0.839. The van der Waals surface area contributed by atoms with Gasteiger partial charge in [-0.1, -0.05) is 25.1 Å². The van der Waals surface area contributed by atoms with Gasteiger partial charge >= 0.3 is 5.97 Å². The number of hydrogen-bond acceptors (Lipinski definition) is 4. The van der Waals surface area contributed by atoms with Crippen LogP contribution in [0, 0.1) is 11.3 Å². The molecule has 5 nitrogen and oxygen atoms in total. The van der Waals surface area contributed by atoms with Gasteiger partial charge < -0.3 is 15.7 Å². The Labute approximate surface area is 154 Å². The van der Waals surface area contributed by atoms with Crippen molar-refractivity contribution in [3.8, 4) is 6.07 Å². The van der Waals surface area contributed by atoms with E-state index in [1.807, 2.05) is 42.2 Å². The van der Waals surface area contributed by atoms with Crippen molar-refractivity contribution in [1.82, 2.24) is 0 Å². The van der Waals surface area contributed by atoms with E-state index in [0.717, 1.165) is 30.6 Å². The second kappa shape index (κ2) is 9.47. The fraction of sp³-hybridized carbons (Fsp3) is 0.333. The Morgan fingerprint density at radius 2 is 1.96 bits per heavy atom. The van der Waals surface area contributed by atoms with Gasteiger partial charge in [0.05, 0.1) is 11.6 Å². The molecule has 3 N–H and O–H groups in total. The Balaban J connectivity index is 2.05. The van der Waals surface area contributed by atoms with Gasteiger partial charge in [-0.25, -0.2) is 4.79 Å². The highest BCUT2D eigenvalue weighted by molar-refractivity contribution is 5.78. The molecule has 136 valence electrons. The number of nitrogens with zero attached hydrogens (tertiary/aromatic N) is 2. The Morgan fingerprint density at radius 3 is 2.58 bits per heavy atom. The van der Waals surface area contributed by atoms with Gasteiger partial charge in [-0.15, -0.1) is 0 Å². The second-order valence-electron chi connectivity index (χ2n) is 6.32. The van der Waals surface area contributed by atoms with Crippen molar-refractivity contribution in [2.45, 2.75) is 38.6 Å². The predicted molar refractivity (Wildman–Crippen MR) is 104 cm³/mol. The van der Waals surface area contributed by atoms with Crippen molar-refractivity contribution >= 4 is 17.3 Å². The molecule has 0 fully saturated rings. The first-order chi connectivity index (χ1) is 12.5. The van der Waals surface area contributed by atoms with Crippen LogP contribution in [0.5, 0.6) is 0 Å². The molecule has 26 heavy (non-hydrogen) atoms. The Kier molecular flexibility index (Phi) is 7.04. The maximum atomic E-state index is 11.7. The van der Waals surface area contributed by atoms with E-state index in [1.165, 1.54) is 5.56 Å². The first-order valence-electron chi connectivity index (χ1n) is 8.89. The van der Waals surface area contributed by atoms with E-state index in [1.54, 1.807) is 18.2 Å². The standard InChI is InChI=1S/C21H25N3O2/c1-2-20(21(25)26)24(19-8-5-7-17(14-19)15-22)13-4-3-6-16-9-11-18(23)12-10-16/h5,7-12,14,20H,2-4,6,13,23H2,1H3,(H,25,26). The summed E-state index contributed by atoms with van der Waals surface area (Å²) in [6.07, 6.45) is 3.25. The molecule has 0 radical (unpaired) electrons. The van der Waals surface area contributed by atoms with Crippen molar-refractivity contribution < 1.29 is 9.90 Å². The maximum absolute atomic E-state index is 11.7. The average molecular weight is 351 g/mol. The van der Waals surface area contributed by atoms with Crippen LogP contribution in [0.2, 0.25) is 0 Å². The molecule has 1 unspecified atom stereocenters. The number of carboxylic acid groups (broad SMARTS) is 1. The third-order valence-corrected chi connectivity index (χ3v) is 4.45. The van der Waals surface area contributed by atoms with Gasteiger partial charge in [0.2, 0.25) is 0 Å². The molecule has 0 saturated heterocycles. The summed E-state index contributed by atoms with van der Waals surface area (Å²) in [6, 6.07) is 16.5. The number of aliphatic carboxylic acids is 1. The molecule has 0 amide bonds. The highest BCUT2D eigenvalue weighted by Crippen LogP contribution is 2.21. The third-order valence-electron chi connectivity index (χ3n) is 4.45. The molecule has 0 heterocycles. The lowest BCUT2D eigenvalue weighted by atomic mass is 10.1.